The van der Waals surface area contributed by atoms with Gasteiger partial charge in [0, 0.05) is 19.7 Å². The molecule has 1 saturated heterocycles. The van der Waals surface area contributed by atoms with Crippen LogP contribution in [0.25, 0.3) is 0 Å². The molecule has 2 amide bonds. The summed E-state index contributed by atoms with van der Waals surface area (Å²) in [6, 6.07) is -1.10. The Hall–Kier alpha value is -2.93. The predicted octanol–water partition coefficient (Wildman–Crippen LogP) is 3.64. The molecule has 2 bridgehead atoms. The number of aliphatic hydroxyl groups is 2. The molecule has 7 heteroatoms. The SMILES string of the molecule is CC[C@@H]1C[C@@H]2C[C@@H]3/C=C/C=C/C(=O)NCC[C@H](O)[C@H]4C(=O)C(=C(O)/C=C/C=C/C[C@@H]3[C@@H]2[C@H]1C)C(=O)N4C. The standard InChI is InChI=1S/C30H40N2O5/c1-4-19-16-21-17-20-10-8-9-13-25(35)31-15-14-24(34)28-29(36)27(30(37)32(28)3)23(33)12-7-5-6-11-22(20)26(21)18(19)2/h5-10,12-13,18-22,24,26,28,33-34H,4,11,14-17H2,1-3H3,(H,31,35)/b6-5+,10-8+,12-7+,13-9+,27-23?/t18-,19+,20-,21+,22-,24-,26+,28-/m0/s1. The lowest BCUT2D eigenvalue weighted by Gasteiger charge is -2.27. The van der Waals surface area contributed by atoms with Crippen LogP contribution in [0.1, 0.15) is 46.0 Å². The van der Waals surface area contributed by atoms with Gasteiger partial charge in [0.2, 0.25) is 5.91 Å². The van der Waals surface area contributed by atoms with Crippen molar-refractivity contribution in [1.82, 2.24) is 10.2 Å². The number of allylic oxidation sites excluding steroid dienone is 7. The third kappa shape index (κ3) is 5.52. The maximum atomic E-state index is 12.9. The van der Waals surface area contributed by atoms with Crippen LogP contribution in [0.3, 0.4) is 0 Å². The van der Waals surface area contributed by atoms with Gasteiger partial charge in [-0.25, -0.2) is 0 Å². The quantitative estimate of drug-likeness (QED) is 0.469. The summed E-state index contributed by atoms with van der Waals surface area (Å²) in [5, 5.41) is 23.8. The van der Waals surface area contributed by atoms with E-state index in [0.717, 1.165) is 23.2 Å². The van der Waals surface area contributed by atoms with E-state index in [1.54, 1.807) is 12.2 Å². The monoisotopic (exact) mass is 508 g/mol. The normalized spacial score (nSPS) is 40.6. The summed E-state index contributed by atoms with van der Waals surface area (Å²) in [7, 11) is 1.43. The molecule has 0 aromatic heterocycles. The summed E-state index contributed by atoms with van der Waals surface area (Å²) in [4.78, 5) is 39.0. The second-order valence-electron chi connectivity index (χ2n) is 11.1. The van der Waals surface area contributed by atoms with Gasteiger partial charge in [0.1, 0.15) is 17.4 Å². The van der Waals surface area contributed by atoms with Crippen molar-refractivity contribution in [3.05, 3.63) is 59.9 Å². The zero-order valence-corrected chi connectivity index (χ0v) is 22.0. The van der Waals surface area contributed by atoms with Crippen molar-refractivity contribution in [2.45, 2.75) is 58.1 Å². The Morgan fingerprint density at radius 1 is 1.08 bits per heavy atom. The molecular formula is C30H40N2O5. The Kier molecular flexibility index (Phi) is 8.53. The molecule has 4 aliphatic rings. The van der Waals surface area contributed by atoms with Crippen molar-refractivity contribution in [2.24, 2.45) is 35.5 Å². The number of carbonyl (C=O) groups excluding carboxylic acids is 3. The second kappa shape index (κ2) is 11.6. The molecule has 2 aliphatic heterocycles. The molecule has 200 valence electrons. The zero-order chi connectivity index (χ0) is 26.7. The average Bonchev–Trinajstić information content (AvgIpc) is 3.43. The highest BCUT2D eigenvalue weighted by Gasteiger charge is 2.50. The van der Waals surface area contributed by atoms with Crippen LogP contribution in [-0.4, -0.2) is 58.4 Å². The smallest absolute Gasteiger partial charge is 0.261 e. The molecule has 37 heavy (non-hydrogen) atoms. The van der Waals surface area contributed by atoms with Crippen molar-refractivity contribution in [1.29, 1.82) is 0 Å². The van der Waals surface area contributed by atoms with Gasteiger partial charge in [-0.15, -0.1) is 0 Å². The van der Waals surface area contributed by atoms with Gasteiger partial charge in [0.05, 0.1) is 6.10 Å². The molecule has 0 unspecified atom stereocenters. The Balaban J connectivity index is 1.60. The number of nitrogens with zero attached hydrogens (tertiary/aromatic N) is 1. The first-order chi connectivity index (χ1) is 17.7. The summed E-state index contributed by atoms with van der Waals surface area (Å²) in [5.41, 5.74) is -0.313. The van der Waals surface area contributed by atoms with Crippen LogP contribution in [0.2, 0.25) is 0 Å². The van der Waals surface area contributed by atoms with E-state index < -0.39 is 29.6 Å². The van der Waals surface area contributed by atoms with Crippen molar-refractivity contribution in [3.8, 4) is 0 Å². The van der Waals surface area contributed by atoms with E-state index in [1.165, 1.54) is 38.5 Å². The minimum Gasteiger partial charge on any atom is -0.507 e. The number of hydrogen-bond donors (Lipinski definition) is 3. The number of aliphatic hydroxyl groups excluding tert-OH is 2. The fraction of sp³-hybridized carbons (Fsp3) is 0.567. The van der Waals surface area contributed by atoms with E-state index in [4.69, 9.17) is 0 Å². The van der Waals surface area contributed by atoms with E-state index in [9.17, 15) is 24.6 Å². The number of Topliss-reactive ketones (excluding diaryl/α,β-unsaturated/α-hetero) is 1. The number of nitrogens with one attached hydrogen (secondary N) is 1. The molecule has 7 nitrogen and oxygen atoms in total. The van der Waals surface area contributed by atoms with Gasteiger partial charge < -0.3 is 20.4 Å². The number of likely N-dealkylation sites (tertiary alicyclic amines) is 1. The Bertz CT molecular complexity index is 1050. The van der Waals surface area contributed by atoms with Crippen LogP contribution in [-0.2, 0) is 14.4 Å². The molecule has 0 spiro atoms. The topological polar surface area (TPSA) is 107 Å². The molecule has 0 radical (unpaired) electrons. The summed E-state index contributed by atoms with van der Waals surface area (Å²) in [6.07, 6.45) is 18.0. The van der Waals surface area contributed by atoms with Gasteiger partial charge in [-0.2, -0.15) is 0 Å². The summed E-state index contributed by atoms with van der Waals surface area (Å²) < 4.78 is 0. The second-order valence-corrected chi connectivity index (χ2v) is 11.1. The van der Waals surface area contributed by atoms with Crippen LogP contribution in [0.5, 0.6) is 0 Å². The predicted molar refractivity (Wildman–Crippen MR) is 142 cm³/mol. The van der Waals surface area contributed by atoms with Gasteiger partial charge >= 0.3 is 0 Å². The summed E-state index contributed by atoms with van der Waals surface area (Å²) >= 11 is 0. The minimum atomic E-state index is -1.17. The molecule has 0 aromatic rings. The van der Waals surface area contributed by atoms with Crippen LogP contribution in [0, 0.1) is 35.5 Å². The van der Waals surface area contributed by atoms with Gasteiger partial charge in [-0.1, -0.05) is 56.7 Å². The molecule has 2 heterocycles. The van der Waals surface area contributed by atoms with Crippen molar-refractivity contribution < 1.29 is 24.6 Å². The highest BCUT2D eigenvalue weighted by atomic mass is 16.3. The first-order valence-electron chi connectivity index (χ1n) is 13.6. The number of ketones is 1. The maximum absolute atomic E-state index is 12.9. The van der Waals surface area contributed by atoms with E-state index in [0.29, 0.717) is 23.7 Å². The third-order valence-electron chi connectivity index (χ3n) is 9.10. The van der Waals surface area contributed by atoms with E-state index in [-0.39, 0.29) is 24.4 Å². The van der Waals surface area contributed by atoms with Crippen molar-refractivity contribution in [2.75, 3.05) is 13.6 Å². The van der Waals surface area contributed by atoms with E-state index >= 15 is 0 Å². The molecule has 3 N–H and O–H groups in total. The minimum absolute atomic E-state index is 0.0968. The molecule has 2 aliphatic carbocycles. The first-order valence-corrected chi connectivity index (χ1v) is 13.6. The van der Waals surface area contributed by atoms with Gasteiger partial charge in [-0.3, -0.25) is 14.4 Å². The van der Waals surface area contributed by atoms with Gasteiger partial charge in [0.25, 0.3) is 5.91 Å². The first kappa shape index (κ1) is 27.1. The van der Waals surface area contributed by atoms with Gasteiger partial charge in [0.15, 0.2) is 5.78 Å². The largest absolute Gasteiger partial charge is 0.507 e. The van der Waals surface area contributed by atoms with Crippen LogP contribution in [0.4, 0.5) is 0 Å². The highest BCUT2D eigenvalue weighted by molar-refractivity contribution is 6.27. The lowest BCUT2D eigenvalue weighted by Crippen LogP contribution is -2.43. The number of likely N-dealkylation sites (N-methyl/N-ethyl adjacent to an activating group) is 1. The number of rotatable bonds is 1. The zero-order valence-electron chi connectivity index (χ0n) is 22.0. The summed E-state index contributed by atoms with van der Waals surface area (Å²) in [5.74, 6) is 1.89. The van der Waals surface area contributed by atoms with Crippen LogP contribution >= 0.6 is 0 Å². The molecule has 3 fully saturated rings. The molecular weight excluding hydrogens is 468 g/mol. The maximum Gasteiger partial charge on any atom is 0.261 e. The van der Waals surface area contributed by atoms with Crippen molar-refractivity contribution in [3.63, 3.8) is 0 Å². The third-order valence-corrected chi connectivity index (χ3v) is 9.10. The Morgan fingerprint density at radius 2 is 1.84 bits per heavy atom. The molecule has 0 aromatic carbocycles. The van der Waals surface area contributed by atoms with Crippen LogP contribution < -0.4 is 5.32 Å². The Morgan fingerprint density at radius 3 is 2.59 bits per heavy atom. The summed E-state index contributed by atoms with van der Waals surface area (Å²) in [6.45, 7) is 4.84. The average molecular weight is 509 g/mol. The number of amides is 2. The lowest BCUT2D eigenvalue weighted by molar-refractivity contribution is -0.128. The van der Waals surface area contributed by atoms with Crippen LogP contribution in [0.15, 0.2) is 59.9 Å². The molecule has 4 rings (SSSR count). The highest BCUT2D eigenvalue weighted by Crippen LogP contribution is 2.57. The Labute approximate surface area is 219 Å². The molecule has 8 atom stereocenters. The lowest BCUT2D eigenvalue weighted by atomic mass is 9.78. The van der Waals surface area contributed by atoms with E-state index in [2.05, 4.69) is 31.3 Å². The van der Waals surface area contributed by atoms with Gasteiger partial charge in [-0.05, 0) is 67.3 Å². The van der Waals surface area contributed by atoms with Crippen molar-refractivity contribution >= 4 is 17.6 Å². The fourth-order valence-electron chi connectivity index (χ4n) is 7.25. The molecule has 2 saturated carbocycles. The number of carbonyl (C=O) groups is 3. The van der Waals surface area contributed by atoms with E-state index in [1.807, 2.05) is 12.2 Å². The number of hydrogen-bond acceptors (Lipinski definition) is 5. The fourth-order valence-corrected chi connectivity index (χ4v) is 7.25. The number of fused-ring (bicyclic) bond motifs is 5.